The molecule has 0 fully saturated rings. The zero-order valence-electron chi connectivity index (χ0n) is 19.3. The van der Waals surface area contributed by atoms with Gasteiger partial charge in [0.2, 0.25) is 5.91 Å². The number of carboxylic acids is 1. The molecule has 2 rings (SSSR count). The van der Waals surface area contributed by atoms with Crippen molar-refractivity contribution in [1.29, 1.82) is 5.41 Å². The predicted octanol–water partition coefficient (Wildman–Crippen LogP) is 2.80. The minimum atomic E-state index is -5.08. The molecular formula is C23H27F3N4O6. The molecule has 0 aliphatic heterocycles. The number of alkyl halides is 3. The maximum atomic E-state index is 12.0. The van der Waals surface area contributed by atoms with Crippen molar-refractivity contribution in [2.24, 2.45) is 5.73 Å². The molecule has 10 nitrogen and oxygen atoms in total. The second-order valence-electron chi connectivity index (χ2n) is 7.17. The first-order valence-corrected chi connectivity index (χ1v) is 10.5. The van der Waals surface area contributed by atoms with Crippen LogP contribution in [0.1, 0.15) is 24.5 Å². The van der Waals surface area contributed by atoms with Gasteiger partial charge >= 0.3 is 18.2 Å². The molecule has 0 saturated carbocycles. The largest absolute Gasteiger partial charge is 0.494 e. The van der Waals surface area contributed by atoms with E-state index in [0.29, 0.717) is 30.9 Å². The third-order valence-corrected chi connectivity index (χ3v) is 4.22. The van der Waals surface area contributed by atoms with Gasteiger partial charge in [0.15, 0.2) is 0 Å². The van der Waals surface area contributed by atoms with Crippen molar-refractivity contribution in [3.8, 4) is 5.75 Å². The monoisotopic (exact) mass is 512 g/mol. The summed E-state index contributed by atoms with van der Waals surface area (Å²) in [6.07, 6.45) is -5.15. The van der Waals surface area contributed by atoms with Crippen molar-refractivity contribution in [1.82, 2.24) is 10.6 Å². The summed E-state index contributed by atoms with van der Waals surface area (Å²) in [6, 6.07) is 15.5. The lowest BCUT2D eigenvalue weighted by Crippen LogP contribution is -2.45. The minimum Gasteiger partial charge on any atom is -0.494 e. The van der Waals surface area contributed by atoms with Gasteiger partial charge in [-0.15, -0.1) is 0 Å². The maximum Gasteiger partial charge on any atom is 0.490 e. The van der Waals surface area contributed by atoms with Crippen LogP contribution >= 0.6 is 0 Å². The highest BCUT2D eigenvalue weighted by Gasteiger charge is 2.38. The highest BCUT2D eigenvalue weighted by Crippen LogP contribution is 2.13. The molecule has 0 aliphatic carbocycles. The molecule has 0 heterocycles. The zero-order chi connectivity index (χ0) is 27.1. The number of amidine groups is 1. The van der Waals surface area contributed by atoms with E-state index in [0.717, 1.165) is 5.56 Å². The molecule has 6 N–H and O–H groups in total. The molecule has 0 saturated heterocycles. The second-order valence-corrected chi connectivity index (χ2v) is 7.17. The van der Waals surface area contributed by atoms with Gasteiger partial charge in [-0.25, -0.2) is 9.59 Å². The lowest BCUT2D eigenvalue weighted by atomic mass is 10.2. The average molecular weight is 512 g/mol. The van der Waals surface area contributed by atoms with Crippen molar-refractivity contribution in [2.45, 2.75) is 32.2 Å². The highest BCUT2D eigenvalue weighted by molar-refractivity contribution is 5.95. The van der Waals surface area contributed by atoms with E-state index in [1.165, 1.54) is 0 Å². The van der Waals surface area contributed by atoms with Crippen molar-refractivity contribution >= 4 is 23.8 Å². The van der Waals surface area contributed by atoms with E-state index in [-0.39, 0.29) is 18.3 Å². The average Bonchev–Trinajstić information content (AvgIpc) is 2.83. The molecule has 0 spiro atoms. The topological polar surface area (TPSA) is 164 Å². The maximum absolute atomic E-state index is 12.0. The Balaban J connectivity index is 0.000000809. The number of nitrogen functional groups attached to an aromatic ring is 1. The molecule has 2 aromatic carbocycles. The first-order chi connectivity index (χ1) is 16.9. The van der Waals surface area contributed by atoms with Crippen LogP contribution in [-0.4, -0.2) is 54.3 Å². The summed E-state index contributed by atoms with van der Waals surface area (Å²) in [6.45, 7) is 2.52. The molecule has 0 unspecified atom stereocenters. The summed E-state index contributed by atoms with van der Waals surface area (Å²) in [5.41, 5.74) is 6.91. The minimum absolute atomic E-state index is 0.0218. The molecule has 2 amide bonds. The number of amides is 2. The van der Waals surface area contributed by atoms with Gasteiger partial charge in [0.05, 0.1) is 6.61 Å². The Hall–Kier alpha value is -4.29. The molecule has 13 heteroatoms. The van der Waals surface area contributed by atoms with Crippen LogP contribution < -0.4 is 21.1 Å². The van der Waals surface area contributed by atoms with Gasteiger partial charge in [0.25, 0.3) is 0 Å². The fraction of sp³-hybridized carbons (Fsp3) is 0.304. The Kier molecular flexibility index (Phi) is 12.3. The molecule has 2 aromatic rings. The molecule has 0 aromatic heterocycles. The van der Waals surface area contributed by atoms with Crippen LogP contribution in [0, 0.1) is 5.41 Å². The standard InChI is InChI=1S/C21H26N4O4.C2HF3O2/c1-15(25-21(27)29-14-16-7-3-2-4-8-16)20(26)24-11-6-12-28-18-10-5-9-17(13-18)19(22)23;3-2(4,5)1(6)7/h2-5,7-10,13,15H,6,11-12,14H2,1H3,(H3,22,23)(H,24,26)(H,25,27);(H,6,7)/t15-;/m1./s1. The Morgan fingerprint density at radius 2 is 1.75 bits per heavy atom. The van der Waals surface area contributed by atoms with Crippen LogP contribution in [0.4, 0.5) is 18.0 Å². The Bertz CT molecular complexity index is 1020. The predicted molar refractivity (Wildman–Crippen MR) is 123 cm³/mol. The van der Waals surface area contributed by atoms with Crippen molar-refractivity contribution in [3.63, 3.8) is 0 Å². The first kappa shape index (κ1) is 29.7. The fourth-order valence-corrected chi connectivity index (χ4v) is 2.39. The van der Waals surface area contributed by atoms with Crippen LogP contribution in [0.25, 0.3) is 0 Å². The number of nitrogens with two attached hydrogens (primary N) is 1. The summed E-state index contributed by atoms with van der Waals surface area (Å²) < 4.78 is 42.4. The second kappa shape index (κ2) is 14.9. The summed E-state index contributed by atoms with van der Waals surface area (Å²) >= 11 is 0. The normalized spacial score (nSPS) is 11.2. The van der Waals surface area contributed by atoms with Gasteiger partial charge in [-0.1, -0.05) is 42.5 Å². The third kappa shape index (κ3) is 12.3. The molecular weight excluding hydrogens is 485 g/mol. The quantitative estimate of drug-likeness (QED) is 0.186. The van der Waals surface area contributed by atoms with Crippen molar-refractivity contribution in [3.05, 3.63) is 65.7 Å². The first-order valence-electron chi connectivity index (χ1n) is 10.5. The van der Waals surface area contributed by atoms with E-state index in [9.17, 15) is 22.8 Å². The number of hydrogen-bond acceptors (Lipinski definition) is 6. The van der Waals surface area contributed by atoms with Crippen LogP contribution in [0.3, 0.4) is 0 Å². The molecule has 1 atom stereocenters. The van der Waals surface area contributed by atoms with E-state index in [1.54, 1.807) is 31.2 Å². The van der Waals surface area contributed by atoms with Crippen LogP contribution in [0.2, 0.25) is 0 Å². The number of carbonyl (C=O) groups is 3. The molecule has 0 aliphatic rings. The number of ether oxygens (including phenoxy) is 2. The van der Waals surface area contributed by atoms with E-state index in [1.807, 2.05) is 30.3 Å². The SMILES string of the molecule is C[C@@H](NC(=O)OCc1ccccc1)C(=O)NCCCOc1cccc(C(=N)N)c1.O=C(O)C(F)(F)F. The summed E-state index contributed by atoms with van der Waals surface area (Å²) in [5.74, 6) is -2.47. The van der Waals surface area contributed by atoms with Gasteiger partial charge in [-0.3, -0.25) is 10.2 Å². The number of alkyl carbamates (subject to hydrolysis) is 1. The van der Waals surface area contributed by atoms with Gasteiger partial charge in [0.1, 0.15) is 24.2 Å². The summed E-state index contributed by atoms with van der Waals surface area (Å²) in [4.78, 5) is 32.7. The number of halogens is 3. The molecule has 196 valence electrons. The van der Waals surface area contributed by atoms with Crippen molar-refractivity contribution < 1.29 is 42.1 Å². The summed E-state index contributed by atoms with van der Waals surface area (Å²) in [7, 11) is 0. The highest BCUT2D eigenvalue weighted by atomic mass is 19.4. The van der Waals surface area contributed by atoms with E-state index < -0.39 is 24.3 Å². The molecule has 0 bridgehead atoms. The Morgan fingerprint density at radius 1 is 1.11 bits per heavy atom. The third-order valence-electron chi connectivity index (χ3n) is 4.22. The number of carboxylic acid groups (broad SMARTS) is 1. The number of aliphatic carboxylic acids is 1. The number of nitrogens with one attached hydrogen (secondary N) is 3. The van der Waals surface area contributed by atoms with Gasteiger partial charge in [-0.2, -0.15) is 13.2 Å². The number of hydrogen-bond donors (Lipinski definition) is 5. The van der Waals surface area contributed by atoms with E-state index in [2.05, 4.69) is 10.6 Å². The van der Waals surface area contributed by atoms with Crippen LogP contribution in [0.5, 0.6) is 5.75 Å². The number of benzene rings is 2. The number of rotatable bonds is 10. The van der Waals surface area contributed by atoms with Gasteiger partial charge in [0, 0.05) is 12.1 Å². The van der Waals surface area contributed by atoms with E-state index >= 15 is 0 Å². The van der Waals surface area contributed by atoms with Crippen LogP contribution in [0.15, 0.2) is 54.6 Å². The lowest BCUT2D eigenvalue weighted by molar-refractivity contribution is -0.192. The van der Waals surface area contributed by atoms with E-state index in [4.69, 9.17) is 30.5 Å². The van der Waals surface area contributed by atoms with Crippen molar-refractivity contribution in [2.75, 3.05) is 13.2 Å². The number of carbonyl (C=O) groups excluding carboxylic acids is 2. The Labute approximate surface area is 205 Å². The van der Waals surface area contributed by atoms with Crippen LogP contribution in [-0.2, 0) is 20.9 Å². The Morgan fingerprint density at radius 3 is 2.33 bits per heavy atom. The molecule has 0 radical (unpaired) electrons. The molecule has 36 heavy (non-hydrogen) atoms. The summed E-state index contributed by atoms with van der Waals surface area (Å²) in [5, 5.41) is 19.8. The van der Waals surface area contributed by atoms with Gasteiger partial charge < -0.3 is 30.9 Å². The lowest BCUT2D eigenvalue weighted by Gasteiger charge is -2.14. The zero-order valence-corrected chi connectivity index (χ0v) is 19.3. The smallest absolute Gasteiger partial charge is 0.490 e. The fourth-order valence-electron chi connectivity index (χ4n) is 2.39. The van der Waals surface area contributed by atoms with Gasteiger partial charge in [-0.05, 0) is 31.0 Å².